The van der Waals surface area contributed by atoms with Crippen LogP contribution in [0.25, 0.3) is 0 Å². The Morgan fingerprint density at radius 1 is 1.22 bits per heavy atom. The SMILES string of the molecule is Cc1cc(N(C)C)cc(C)c1CC(=O)N1CCn2cnnc2C1. The van der Waals surface area contributed by atoms with E-state index in [1.807, 2.05) is 23.6 Å². The first kappa shape index (κ1) is 15.5. The van der Waals surface area contributed by atoms with Crippen molar-refractivity contribution in [2.24, 2.45) is 0 Å². The molecule has 0 radical (unpaired) electrons. The van der Waals surface area contributed by atoms with Crippen LogP contribution in [0.4, 0.5) is 5.69 Å². The van der Waals surface area contributed by atoms with E-state index in [1.54, 1.807) is 6.33 Å². The van der Waals surface area contributed by atoms with Crippen LogP contribution >= 0.6 is 0 Å². The van der Waals surface area contributed by atoms with Gasteiger partial charge in [0.25, 0.3) is 0 Å². The number of hydrogen-bond donors (Lipinski definition) is 0. The van der Waals surface area contributed by atoms with E-state index in [0.29, 0.717) is 13.0 Å². The van der Waals surface area contributed by atoms with Crippen LogP contribution in [0.3, 0.4) is 0 Å². The zero-order valence-electron chi connectivity index (χ0n) is 14.2. The van der Waals surface area contributed by atoms with Crippen molar-refractivity contribution < 1.29 is 4.79 Å². The minimum atomic E-state index is 0.156. The third kappa shape index (κ3) is 3.06. The van der Waals surface area contributed by atoms with Crippen LogP contribution in [0, 0.1) is 13.8 Å². The molecule has 0 atom stereocenters. The maximum atomic E-state index is 12.7. The molecular weight excluding hydrogens is 290 g/mol. The lowest BCUT2D eigenvalue weighted by Gasteiger charge is -2.27. The van der Waals surface area contributed by atoms with E-state index >= 15 is 0 Å². The fourth-order valence-electron chi connectivity index (χ4n) is 3.05. The Kier molecular flexibility index (Phi) is 4.07. The van der Waals surface area contributed by atoms with Crippen LogP contribution < -0.4 is 4.90 Å². The molecule has 0 unspecified atom stereocenters. The lowest BCUT2D eigenvalue weighted by atomic mass is 9.98. The molecule has 3 rings (SSSR count). The fourth-order valence-corrected chi connectivity index (χ4v) is 3.05. The van der Waals surface area contributed by atoms with Crippen LogP contribution in [0.2, 0.25) is 0 Å². The molecular formula is C17H23N5O. The molecule has 122 valence electrons. The van der Waals surface area contributed by atoms with Gasteiger partial charge in [-0.05, 0) is 42.7 Å². The average molecular weight is 313 g/mol. The number of amides is 1. The number of aryl methyl sites for hydroxylation is 2. The zero-order valence-corrected chi connectivity index (χ0v) is 14.2. The topological polar surface area (TPSA) is 54.3 Å². The Morgan fingerprint density at radius 3 is 2.57 bits per heavy atom. The van der Waals surface area contributed by atoms with Gasteiger partial charge in [0.1, 0.15) is 6.33 Å². The van der Waals surface area contributed by atoms with Gasteiger partial charge in [-0.15, -0.1) is 10.2 Å². The maximum Gasteiger partial charge on any atom is 0.227 e. The smallest absolute Gasteiger partial charge is 0.227 e. The van der Waals surface area contributed by atoms with Crippen LogP contribution in [-0.4, -0.2) is 46.2 Å². The van der Waals surface area contributed by atoms with E-state index in [9.17, 15) is 4.79 Å². The molecule has 1 amide bonds. The summed E-state index contributed by atoms with van der Waals surface area (Å²) in [6.07, 6.45) is 2.17. The number of aromatic nitrogens is 3. The molecule has 1 aliphatic rings. The Hall–Kier alpha value is -2.37. The predicted molar refractivity (Wildman–Crippen MR) is 89.4 cm³/mol. The molecule has 0 saturated heterocycles. The van der Waals surface area contributed by atoms with Gasteiger partial charge >= 0.3 is 0 Å². The lowest BCUT2D eigenvalue weighted by molar-refractivity contribution is -0.132. The van der Waals surface area contributed by atoms with Crippen LogP contribution in [0.15, 0.2) is 18.5 Å². The Balaban J connectivity index is 1.76. The normalized spacial score (nSPS) is 13.8. The van der Waals surface area contributed by atoms with Crippen molar-refractivity contribution in [2.45, 2.75) is 33.4 Å². The van der Waals surface area contributed by atoms with Crippen molar-refractivity contribution in [1.82, 2.24) is 19.7 Å². The summed E-state index contributed by atoms with van der Waals surface area (Å²) in [7, 11) is 4.06. The third-order valence-corrected chi connectivity index (χ3v) is 4.52. The molecule has 1 aromatic heterocycles. The second kappa shape index (κ2) is 6.02. The van der Waals surface area contributed by atoms with Gasteiger partial charge < -0.3 is 14.4 Å². The highest BCUT2D eigenvalue weighted by Gasteiger charge is 2.22. The first-order valence-corrected chi connectivity index (χ1v) is 7.87. The minimum absolute atomic E-state index is 0.156. The summed E-state index contributed by atoms with van der Waals surface area (Å²) in [6, 6.07) is 4.28. The summed E-state index contributed by atoms with van der Waals surface area (Å²) >= 11 is 0. The van der Waals surface area contributed by atoms with E-state index in [-0.39, 0.29) is 5.91 Å². The highest BCUT2D eigenvalue weighted by Crippen LogP contribution is 2.23. The number of hydrogen-bond acceptors (Lipinski definition) is 4. The number of benzene rings is 1. The molecule has 0 spiro atoms. The van der Waals surface area contributed by atoms with E-state index in [0.717, 1.165) is 24.5 Å². The molecule has 6 nitrogen and oxygen atoms in total. The third-order valence-electron chi connectivity index (χ3n) is 4.52. The van der Waals surface area contributed by atoms with Crippen LogP contribution in [0.5, 0.6) is 0 Å². The summed E-state index contributed by atoms with van der Waals surface area (Å²) in [4.78, 5) is 16.6. The summed E-state index contributed by atoms with van der Waals surface area (Å²) < 4.78 is 2.01. The summed E-state index contributed by atoms with van der Waals surface area (Å²) in [5.74, 6) is 1.02. The predicted octanol–water partition coefficient (Wildman–Crippen LogP) is 1.55. The highest BCUT2D eigenvalue weighted by molar-refractivity contribution is 5.80. The average Bonchev–Trinajstić information content (AvgIpc) is 2.97. The number of nitrogens with zero attached hydrogens (tertiary/aromatic N) is 5. The molecule has 2 heterocycles. The van der Waals surface area contributed by atoms with Crippen molar-refractivity contribution >= 4 is 11.6 Å². The summed E-state index contributed by atoms with van der Waals surface area (Å²) in [6.45, 7) is 6.20. The number of fused-ring (bicyclic) bond motifs is 1. The van der Waals surface area contributed by atoms with Crippen molar-refractivity contribution in [2.75, 3.05) is 25.5 Å². The Morgan fingerprint density at radius 2 is 1.91 bits per heavy atom. The van der Waals surface area contributed by atoms with Crippen molar-refractivity contribution in [1.29, 1.82) is 0 Å². The summed E-state index contributed by atoms with van der Waals surface area (Å²) in [5.41, 5.74) is 4.64. The first-order chi connectivity index (χ1) is 11.0. The molecule has 2 aromatic rings. The Bertz CT molecular complexity index is 711. The number of carbonyl (C=O) groups excluding carboxylic acids is 1. The van der Waals surface area contributed by atoms with Crippen LogP contribution in [-0.2, 0) is 24.3 Å². The number of anilines is 1. The molecule has 0 aliphatic carbocycles. The maximum absolute atomic E-state index is 12.7. The molecule has 0 saturated carbocycles. The first-order valence-electron chi connectivity index (χ1n) is 7.87. The van der Waals surface area contributed by atoms with Gasteiger partial charge in [-0.25, -0.2) is 0 Å². The van der Waals surface area contributed by atoms with E-state index in [2.05, 4.69) is 41.1 Å². The van der Waals surface area contributed by atoms with E-state index in [1.165, 1.54) is 16.8 Å². The molecule has 1 aromatic carbocycles. The molecule has 0 bridgehead atoms. The number of carbonyl (C=O) groups is 1. The van der Waals surface area contributed by atoms with E-state index in [4.69, 9.17) is 0 Å². The van der Waals surface area contributed by atoms with Crippen molar-refractivity contribution in [3.63, 3.8) is 0 Å². The van der Waals surface area contributed by atoms with Crippen LogP contribution in [0.1, 0.15) is 22.5 Å². The zero-order chi connectivity index (χ0) is 16.6. The fraction of sp³-hybridized carbons (Fsp3) is 0.471. The van der Waals surface area contributed by atoms with Gasteiger partial charge in [-0.3, -0.25) is 4.79 Å². The van der Waals surface area contributed by atoms with E-state index < -0.39 is 0 Å². The largest absolute Gasteiger partial charge is 0.378 e. The van der Waals surface area contributed by atoms with Gasteiger partial charge in [0.05, 0.1) is 13.0 Å². The lowest BCUT2D eigenvalue weighted by Crippen LogP contribution is -2.39. The molecule has 23 heavy (non-hydrogen) atoms. The van der Waals surface area contributed by atoms with Gasteiger partial charge in [0.2, 0.25) is 5.91 Å². The van der Waals surface area contributed by atoms with Crippen molar-refractivity contribution in [3.05, 3.63) is 41.0 Å². The summed E-state index contributed by atoms with van der Waals surface area (Å²) in [5, 5.41) is 7.98. The number of rotatable bonds is 3. The molecule has 6 heteroatoms. The standard InChI is InChI=1S/C17H23N5O/c1-12-7-14(20(3)4)8-13(2)15(12)9-17(23)21-5-6-22-11-18-19-16(22)10-21/h7-8,11H,5-6,9-10H2,1-4H3. The quantitative estimate of drug-likeness (QED) is 0.863. The molecule has 1 aliphatic heterocycles. The second-order valence-electron chi connectivity index (χ2n) is 6.39. The monoisotopic (exact) mass is 313 g/mol. The van der Waals surface area contributed by atoms with Gasteiger partial charge in [0.15, 0.2) is 5.82 Å². The van der Waals surface area contributed by atoms with Gasteiger partial charge in [-0.1, -0.05) is 0 Å². The Labute approximate surface area is 136 Å². The molecule has 0 fully saturated rings. The second-order valence-corrected chi connectivity index (χ2v) is 6.39. The van der Waals surface area contributed by atoms with Gasteiger partial charge in [-0.2, -0.15) is 0 Å². The highest BCUT2D eigenvalue weighted by atomic mass is 16.2. The van der Waals surface area contributed by atoms with Gasteiger partial charge in [0, 0.05) is 32.9 Å². The van der Waals surface area contributed by atoms with Crippen molar-refractivity contribution in [3.8, 4) is 0 Å². The molecule has 0 N–H and O–H groups in total. The minimum Gasteiger partial charge on any atom is -0.378 e.